The van der Waals surface area contributed by atoms with Gasteiger partial charge in [0.05, 0.1) is 0 Å². The first kappa shape index (κ1) is 13.9. The third kappa shape index (κ3) is 2.70. The Morgan fingerprint density at radius 3 is 1.95 bits per heavy atom. The molecule has 2 aliphatic heterocycles. The number of ether oxygens (including phenoxy) is 1. The van der Waals surface area contributed by atoms with Crippen molar-refractivity contribution in [2.75, 3.05) is 0 Å². The predicted octanol–water partition coefficient (Wildman–Crippen LogP) is 3.14. The third-order valence-electron chi connectivity index (χ3n) is 4.72. The molecule has 0 N–H and O–H groups in total. The standard InChI is InChI=1S/C16H25NO3/c1-16(2,3)20-15(19)17-12-6-7-13(17)9-11(8-12)14(18)10-4-5-10/h10-13H,4-9H2,1-3H3. The van der Waals surface area contributed by atoms with E-state index in [9.17, 15) is 9.59 Å². The van der Waals surface area contributed by atoms with Crippen molar-refractivity contribution in [3.05, 3.63) is 0 Å². The number of fused-ring (bicyclic) bond motifs is 2. The highest BCUT2D eigenvalue weighted by Crippen LogP contribution is 2.43. The first-order valence-corrected chi connectivity index (χ1v) is 7.90. The van der Waals surface area contributed by atoms with Crippen molar-refractivity contribution in [2.45, 2.75) is 77.0 Å². The molecular weight excluding hydrogens is 254 g/mol. The molecule has 4 nitrogen and oxygen atoms in total. The molecular formula is C16H25NO3. The van der Waals surface area contributed by atoms with Gasteiger partial charge in [0.15, 0.2) is 0 Å². The van der Waals surface area contributed by atoms with E-state index in [4.69, 9.17) is 4.74 Å². The zero-order chi connectivity index (χ0) is 14.5. The molecule has 1 saturated carbocycles. The number of hydrogen-bond donors (Lipinski definition) is 0. The second-order valence-electron chi connectivity index (χ2n) is 7.62. The van der Waals surface area contributed by atoms with Gasteiger partial charge >= 0.3 is 6.09 Å². The molecule has 0 spiro atoms. The molecule has 0 radical (unpaired) electrons. The summed E-state index contributed by atoms with van der Waals surface area (Å²) in [5.74, 6) is 0.997. The van der Waals surface area contributed by atoms with Crippen LogP contribution in [0, 0.1) is 11.8 Å². The summed E-state index contributed by atoms with van der Waals surface area (Å²) in [5.41, 5.74) is -0.447. The molecule has 3 aliphatic rings. The van der Waals surface area contributed by atoms with E-state index in [-0.39, 0.29) is 24.1 Å². The van der Waals surface area contributed by atoms with E-state index in [0.29, 0.717) is 11.7 Å². The first-order chi connectivity index (χ1) is 9.35. The van der Waals surface area contributed by atoms with E-state index in [2.05, 4.69) is 0 Å². The van der Waals surface area contributed by atoms with Gasteiger partial charge < -0.3 is 9.64 Å². The Bertz CT molecular complexity index is 408. The van der Waals surface area contributed by atoms with Crippen LogP contribution in [0.1, 0.15) is 59.3 Å². The third-order valence-corrected chi connectivity index (χ3v) is 4.72. The van der Waals surface area contributed by atoms with Crippen molar-refractivity contribution in [3.63, 3.8) is 0 Å². The number of carbonyl (C=O) groups is 2. The smallest absolute Gasteiger partial charge is 0.410 e. The number of piperidine rings is 1. The van der Waals surface area contributed by atoms with Gasteiger partial charge in [-0.15, -0.1) is 0 Å². The van der Waals surface area contributed by atoms with E-state index < -0.39 is 5.60 Å². The Balaban J connectivity index is 1.65. The molecule has 2 unspecified atom stereocenters. The number of ketones is 1. The Hall–Kier alpha value is -1.06. The quantitative estimate of drug-likeness (QED) is 0.780. The van der Waals surface area contributed by atoms with Crippen LogP contribution in [0.3, 0.4) is 0 Å². The lowest BCUT2D eigenvalue weighted by Gasteiger charge is -2.39. The van der Waals surface area contributed by atoms with Gasteiger partial charge in [-0.3, -0.25) is 4.79 Å². The minimum Gasteiger partial charge on any atom is -0.444 e. The largest absolute Gasteiger partial charge is 0.444 e. The predicted molar refractivity (Wildman–Crippen MR) is 75.3 cm³/mol. The van der Waals surface area contributed by atoms with Crippen molar-refractivity contribution >= 4 is 11.9 Å². The Labute approximate surface area is 120 Å². The van der Waals surface area contributed by atoms with Crippen molar-refractivity contribution < 1.29 is 14.3 Å². The van der Waals surface area contributed by atoms with Crippen LogP contribution >= 0.6 is 0 Å². The molecule has 0 aromatic rings. The van der Waals surface area contributed by atoms with Gasteiger partial charge in [-0.1, -0.05) is 0 Å². The number of Topliss-reactive ketones (excluding diaryl/α,β-unsaturated/α-hetero) is 1. The highest BCUT2D eigenvalue weighted by Gasteiger charge is 2.48. The van der Waals surface area contributed by atoms with Crippen LogP contribution in [0.5, 0.6) is 0 Å². The molecule has 2 heterocycles. The maximum atomic E-state index is 12.3. The molecule has 0 aromatic carbocycles. The van der Waals surface area contributed by atoms with E-state index in [1.165, 1.54) is 0 Å². The minimum atomic E-state index is -0.447. The van der Waals surface area contributed by atoms with Crippen LogP contribution in [0.15, 0.2) is 0 Å². The molecule has 20 heavy (non-hydrogen) atoms. The summed E-state index contributed by atoms with van der Waals surface area (Å²) in [6, 6.07) is 0.438. The second kappa shape index (κ2) is 4.74. The Kier molecular flexibility index (Phi) is 3.30. The Morgan fingerprint density at radius 1 is 0.950 bits per heavy atom. The highest BCUT2D eigenvalue weighted by atomic mass is 16.6. The fourth-order valence-corrected chi connectivity index (χ4v) is 3.72. The molecule has 0 aromatic heterocycles. The number of nitrogens with zero attached hydrogens (tertiary/aromatic N) is 1. The fraction of sp³-hybridized carbons (Fsp3) is 0.875. The van der Waals surface area contributed by atoms with Crippen LogP contribution in [-0.4, -0.2) is 34.5 Å². The monoisotopic (exact) mass is 279 g/mol. The minimum absolute atomic E-state index is 0.192. The lowest BCUT2D eigenvalue weighted by molar-refractivity contribution is -0.126. The second-order valence-corrected chi connectivity index (χ2v) is 7.62. The van der Waals surface area contributed by atoms with E-state index in [1.807, 2.05) is 25.7 Å². The van der Waals surface area contributed by atoms with E-state index in [0.717, 1.165) is 38.5 Å². The summed E-state index contributed by atoms with van der Waals surface area (Å²) in [4.78, 5) is 26.5. The van der Waals surface area contributed by atoms with Crippen molar-refractivity contribution in [3.8, 4) is 0 Å². The normalized spacial score (nSPS) is 33.1. The molecule has 2 atom stereocenters. The highest BCUT2D eigenvalue weighted by molar-refractivity contribution is 5.86. The maximum absolute atomic E-state index is 12.3. The lowest BCUT2D eigenvalue weighted by Crippen LogP contribution is -2.49. The molecule has 4 heteroatoms. The van der Waals surface area contributed by atoms with Crippen molar-refractivity contribution in [1.82, 2.24) is 4.90 Å². The van der Waals surface area contributed by atoms with Gasteiger partial charge in [0.2, 0.25) is 0 Å². The molecule has 3 rings (SSSR count). The molecule has 1 aliphatic carbocycles. The molecule has 3 fully saturated rings. The average molecular weight is 279 g/mol. The van der Waals surface area contributed by atoms with Gasteiger partial charge in [-0.2, -0.15) is 0 Å². The van der Waals surface area contributed by atoms with Crippen molar-refractivity contribution in [2.24, 2.45) is 11.8 Å². The van der Waals surface area contributed by atoms with Gasteiger partial charge in [-0.05, 0) is 59.3 Å². The summed E-state index contributed by atoms with van der Waals surface area (Å²) in [5, 5.41) is 0. The van der Waals surface area contributed by atoms with Gasteiger partial charge in [-0.25, -0.2) is 4.79 Å². The summed E-state index contributed by atoms with van der Waals surface area (Å²) in [6.07, 6.45) is 5.73. The van der Waals surface area contributed by atoms with Crippen molar-refractivity contribution in [1.29, 1.82) is 0 Å². The maximum Gasteiger partial charge on any atom is 0.410 e. The molecule has 2 bridgehead atoms. The topological polar surface area (TPSA) is 46.6 Å². The summed E-state index contributed by atoms with van der Waals surface area (Å²) in [6.45, 7) is 5.70. The van der Waals surface area contributed by atoms with Gasteiger partial charge in [0.1, 0.15) is 11.4 Å². The molecule has 2 saturated heterocycles. The average Bonchev–Trinajstić information content (AvgIpc) is 3.12. The zero-order valence-electron chi connectivity index (χ0n) is 12.7. The van der Waals surface area contributed by atoms with Gasteiger partial charge in [0.25, 0.3) is 0 Å². The zero-order valence-corrected chi connectivity index (χ0v) is 12.7. The Morgan fingerprint density at radius 2 is 1.50 bits per heavy atom. The SMILES string of the molecule is CC(C)(C)OC(=O)N1C2CCC1CC(C(=O)C1CC1)C2. The summed E-state index contributed by atoms with van der Waals surface area (Å²) < 4.78 is 5.52. The van der Waals surface area contributed by atoms with E-state index >= 15 is 0 Å². The summed E-state index contributed by atoms with van der Waals surface area (Å²) >= 11 is 0. The lowest BCUT2D eigenvalue weighted by atomic mass is 9.86. The van der Waals surface area contributed by atoms with Crippen LogP contribution in [-0.2, 0) is 9.53 Å². The number of carbonyl (C=O) groups excluding carboxylic acids is 2. The van der Waals surface area contributed by atoms with Gasteiger partial charge in [0, 0.05) is 23.9 Å². The first-order valence-electron chi connectivity index (χ1n) is 7.90. The van der Waals surface area contributed by atoms with Crippen LogP contribution in [0.2, 0.25) is 0 Å². The van der Waals surface area contributed by atoms with E-state index in [1.54, 1.807) is 0 Å². The van der Waals surface area contributed by atoms with Crippen LogP contribution in [0.25, 0.3) is 0 Å². The summed E-state index contributed by atoms with van der Waals surface area (Å²) in [7, 11) is 0. The fourth-order valence-electron chi connectivity index (χ4n) is 3.72. The van der Waals surface area contributed by atoms with Crippen LogP contribution < -0.4 is 0 Å². The number of rotatable bonds is 2. The molecule has 1 amide bonds. The molecule has 112 valence electrons. The number of amides is 1. The van der Waals surface area contributed by atoms with Crippen LogP contribution in [0.4, 0.5) is 4.79 Å². The number of hydrogen-bond acceptors (Lipinski definition) is 3.